The Morgan fingerprint density at radius 2 is 1.78 bits per heavy atom. The van der Waals surface area contributed by atoms with Crippen LogP contribution in [-0.4, -0.2) is 29.0 Å². The number of benzene rings is 2. The predicted molar refractivity (Wildman–Crippen MR) is 101 cm³/mol. The zero-order chi connectivity index (χ0) is 19.1. The summed E-state index contributed by atoms with van der Waals surface area (Å²) in [5.41, 5.74) is 1.88. The molecule has 0 radical (unpaired) electrons. The number of aliphatic hydroxyl groups is 1. The molecule has 0 unspecified atom stereocenters. The van der Waals surface area contributed by atoms with Gasteiger partial charge in [0.2, 0.25) is 0 Å². The highest BCUT2D eigenvalue weighted by Crippen LogP contribution is 2.33. The van der Waals surface area contributed by atoms with Crippen molar-refractivity contribution in [2.75, 3.05) is 14.2 Å². The Hall–Kier alpha value is -3.32. The number of aromatic nitrogens is 2. The summed E-state index contributed by atoms with van der Waals surface area (Å²) in [6.45, 7) is 1.71. The molecule has 7 heteroatoms. The van der Waals surface area contributed by atoms with Crippen molar-refractivity contribution < 1.29 is 19.1 Å². The molecular formula is C20H18N2O5. The van der Waals surface area contributed by atoms with Crippen LogP contribution < -0.4 is 15.0 Å². The fourth-order valence-corrected chi connectivity index (χ4v) is 3.23. The van der Waals surface area contributed by atoms with E-state index in [1.807, 2.05) is 25.1 Å². The normalized spacial score (nSPS) is 11.3. The Morgan fingerprint density at radius 1 is 1.07 bits per heavy atom. The maximum absolute atomic E-state index is 13.2. The lowest BCUT2D eigenvalue weighted by Crippen LogP contribution is -2.20. The molecule has 138 valence electrons. The molecule has 1 N–H and O–H groups in total. The standard InChI is InChI=1S/C20H18N2O5/c1-11-4-5-16-15(6-11)19(21-27-16)22-9-12(10-23)13-7-17(25-2)18(26-3)8-14(13)20(22)24/h4-9,23H,10H2,1-3H3. The van der Waals surface area contributed by atoms with E-state index in [1.165, 1.54) is 18.8 Å². The van der Waals surface area contributed by atoms with Crippen LogP contribution in [0.3, 0.4) is 0 Å². The topological polar surface area (TPSA) is 86.7 Å². The number of rotatable bonds is 4. The summed E-state index contributed by atoms with van der Waals surface area (Å²) in [4.78, 5) is 13.2. The van der Waals surface area contributed by atoms with Crippen molar-refractivity contribution in [3.63, 3.8) is 0 Å². The van der Waals surface area contributed by atoms with Gasteiger partial charge in [-0.1, -0.05) is 16.8 Å². The summed E-state index contributed by atoms with van der Waals surface area (Å²) < 4.78 is 17.4. The maximum atomic E-state index is 13.2. The molecule has 7 nitrogen and oxygen atoms in total. The second-order valence-corrected chi connectivity index (χ2v) is 6.25. The summed E-state index contributed by atoms with van der Waals surface area (Å²) in [6, 6.07) is 8.94. The number of nitrogens with zero attached hydrogens (tertiary/aromatic N) is 2. The smallest absolute Gasteiger partial charge is 0.264 e. The van der Waals surface area contributed by atoms with Gasteiger partial charge in [-0.05, 0) is 36.6 Å². The van der Waals surface area contributed by atoms with E-state index in [9.17, 15) is 9.90 Å². The second-order valence-electron chi connectivity index (χ2n) is 6.25. The highest BCUT2D eigenvalue weighted by molar-refractivity contribution is 5.90. The van der Waals surface area contributed by atoms with E-state index in [4.69, 9.17) is 14.0 Å². The van der Waals surface area contributed by atoms with Crippen molar-refractivity contribution in [3.8, 4) is 17.3 Å². The molecule has 0 amide bonds. The quantitative estimate of drug-likeness (QED) is 0.598. The number of methoxy groups -OCH3 is 2. The van der Waals surface area contributed by atoms with Crippen LogP contribution in [0.2, 0.25) is 0 Å². The van der Waals surface area contributed by atoms with Crippen molar-refractivity contribution in [2.24, 2.45) is 0 Å². The molecule has 0 aliphatic rings. The first-order valence-corrected chi connectivity index (χ1v) is 8.35. The highest BCUT2D eigenvalue weighted by Gasteiger charge is 2.18. The van der Waals surface area contributed by atoms with Crippen LogP contribution >= 0.6 is 0 Å². The van der Waals surface area contributed by atoms with E-state index in [0.29, 0.717) is 39.2 Å². The number of hydrogen-bond donors (Lipinski definition) is 1. The van der Waals surface area contributed by atoms with Gasteiger partial charge in [0.25, 0.3) is 5.56 Å². The summed E-state index contributed by atoms with van der Waals surface area (Å²) in [7, 11) is 3.03. The zero-order valence-electron chi connectivity index (χ0n) is 15.1. The van der Waals surface area contributed by atoms with Crippen LogP contribution in [0.25, 0.3) is 27.6 Å². The molecule has 0 fully saturated rings. The SMILES string of the molecule is COc1cc2c(CO)cn(-c3noc4ccc(C)cc34)c(=O)c2cc1OC. The molecule has 2 aromatic heterocycles. The molecule has 0 saturated heterocycles. The first kappa shape index (κ1) is 17.1. The molecule has 4 rings (SSSR count). The molecule has 0 spiro atoms. The Labute approximate surface area is 154 Å². The molecule has 0 atom stereocenters. The Bertz CT molecular complexity index is 1220. The van der Waals surface area contributed by atoms with E-state index in [0.717, 1.165) is 10.9 Å². The van der Waals surface area contributed by atoms with Crippen molar-refractivity contribution in [2.45, 2.75) is 13.5 Å². The number of hydrogen-bond acceptors (Lipinski definition) is 6. The Morgan fingerprint density at radius 3 is 2.44 bits per heavy atom. The van der Waals surface area contributed by atoms with Crippen molar-refractivity contribution in [3.05, 3.63) is 58.0 Å². The van der Waals surface area contributed by atoms with Gasteiger partial charge in [0, 0.05) is 11.8 Å². The molecule has 0 saturated carbocycles. The largest absolute Gasteiger partial charge is 0.493 e. The minimum Gasteiger partial charge on any atom is -0.493 e. The van der Waals surface area contributed by atoms with Gasteiger partial charge in [0.05, 0.1) is 31.6 Å². The van der Waals surface area contributed by atoms with Crippen LogP contribution in [0, 0.1) is 6.92 Å². The minimum absolute atomic E-state index is 0.249. The average Bonchev–Trinajstić information content (AvgIpc) is 3.10. The molecule has 27 heavy (non-hydrogen) atoms. The maximum Gasteiger partial charge on any atom is 0.264 e. The lowest BCUT2D eigenvalue weighted by molar-refractivity contribution is 0.282. The minimum atomic E-state index is -0.292. The lowest BCUT2D eigenvalue weighted by Gasteiger charge is -2.13. The van der Waals surface area contributed by atoms with E-state index in [1.54, 1.807) is 18.3 Å². The Kier molecular flexibility index (Phi) is 4.08. The highest BCUT2D eigenvalue weighted by atomic mass is 16.5. The third-order valence-corrected chi connectivity index (χ3v) is 4.61. The molecule has 0 aliphatic heterocycles. The number of fused-ring (bicyclic) bond motifs is 2. The van der Waals surface area contributed by atoms with E-state index in [2.05, 4.69) is 5.16 Å². The van der Waals surface area contributed by atoms with Gasteiger partial charge in [-0.2, -0.15) is 0 Å². The molecule has 0 bridgehead atoms. The van der Waals surface area contributed by atoms with Crippen LogP contribution in [-0.2, 0) is 6.61 Å². The summed E-state index contributed by atoms with van der Waals surface area (Å²) in [6.07, 6.45) is 1.58. The second kappa shape index (κ2) is 6.44. The van der Waals surface area contributed by atoms with Gasteiger partial charge in [0.1, 0.15) is 0 Å². The monoisotopic (exact) mass is 366 g/mol. The van der Waals surface area contributed by atoms with Crippen LogP contribution in [0.15, 0.2) is 45.8 Å². The summed E-state index contributed by atoms with van der Waals surface area (Å²) in [5.74, 6) is 1.30. The number of pyridine rings is 1. The molecule has 2 aromatic carbocycles. The first-order valence-electron chi connectivity index (χ1n) is 8.35. The number of aliphatic hydroxyl groups excluding tert-OH is 1. The molecule has 2 heterocycles. The molecule has 4 aromatic rings. The van der Waals surface area contributed by atoms with Gasteiger partial charge in [-0.25, -0.2) is 0 Å². The first-order chi connectivity index (χ1) is 13.1. The fraction of sp³-hybridized carbons (Fsp3) is 0.200. The van der Waals surface area contributed by atoms with Crippen LogP contribution in [0.5, 0.6) is 11.5 Å². The van der Waals surface area contributed by atoms with Crippen molar-refractivity contribution >= 4 is 21.7 Å². The lowest BCUT2D eigenvalue weighted by atomic mass is 10.1. The zero-order valence-corrected chi connectivity index (χ0v) is 15.1. The number of aryl methyl sites for hydroxylation is 1. The van der Waals surface area contributed by atoms with Crippen LogP contribution in [0.4, 0.5) is 0 Å². The van der Waals surface area contributed by atoms with E-state index >= 15 is 0 Å². The van der Waals surface area contributed by atoms with Crippen molar-refractivity contribution in [1.82, 2.24) is 9.72 Å². The third-order valence-electron chi connectivity index (χ3n) is 4.61. The third kappa shape index (κ3) is 2.63. The van der Waals surface area contributed by atoms with Gasteiger partial charge in [-0.15, -0.1) is 0 Å². The van der Waals surface area contributed by atoms with E-state index < -0.39 is 0 Å². The molecular weight excluding hydrogens is 348 g/mol. The molecule has 0 aliphatic carbocycles. The Balaban J connectivity index is 2.08. The van der Waals surface area contributed by atoms with Gasteiger partial charge < -0.3 is 19.1 Å². The van der Waals surface area contributed by atoms with Gasteiger partial charge in [0.15, 0.2) is 22.9 Å². The van der Waals surface area contributed by atoms with Crippen molar-refractivity contribution in [1.29, 1.82) is 0 Å². The van der Waals surface area contributed by atoms with Gasteiger partial charge >= 0.3 is 0 Å². The van der Waals surface area contributed by atoms with Gasteiger partial charge in [-0.3, -0.25) is 9.36 Å². The average molecular weight is 366 g/mol. The van der Waals surface area contributed by atoms with E-state index in [-0.39, 0.29) is 12.2 Å². The summed E-state index contributed by atoms with van der Waals surface area (Å²) >= 11 is 0. The predicted octanol–water partition coefficient (Wildman–Crippen LogP) is 2.95. The fourth-order valence-electron chi connectivity index (χ4n) is 3.23. The summed E-state index contributed by atoms with van der Waals surface area (Å²) in [5, 5.41) is 15.7. The number of ether oxygens (including phenoxy) is 2. The van der Waals surface area contributed by atoms with Crippen LogP contribution in [0.1, 0.15) is 11.1 Å².